The Morgan fingerprint density at radius 3 is 2.17 bits per heavy atom. The van der Waals surface area contributed by atoms with Gasteiger partial charge in [0.2, 0.25) is 21.8 Å². The molecular weight excluding hydrogens is 598 g/mol. The first kappa shape index (κ1) is 32.9. The van der Waals surface area contributed by atoms with Gasteiger partial charge in [0, 0.05) is 24.6 Å². The molecule has 0 heterocycles. The Morgan fingerprint density at radius 1 is 0.976 bits per heavy atom. The molecule has 0 spiro atoms. The number of benzene rings is 3. The number of anilines is 1. The van der Waals surface area contributed by atoms with Gasteiger partial charge in [-0.1, -0.05) is 60.1 Å². The van der Waals surface area contributed by atoms with Crippen molar-refractivity contribution in [2.24, 2.45) is 0 Å². The van der Waals surface area contributed by atoms with E-state index in [0.717, 1.165) is 11.0 Å². The van der Waals surface area contributed by atoms with E-state index in [0.29, 0.717) is 28.3 Å². The fourth-order valence-electron chi connectivity index (χ4n) is 4.22. The third-order valence-electron chi connectivity index (χ3n) is 6.22. The van der Waals surface area contributed by atoms with E-state index in [1.807, 2.05) is 0 Å². The van der Waals surface area contributed by atoms with E-state index >= 15 is 0 Å². The van der Waals surface area contributed by atoms with Crippen LogP contribution in [0.3, 0.4) is 0 Å². The highest BCUT2D eigenvalue weighted by atomic mass is 35.5. The van der Waals surface area contributed by atoms with Crippen molar-refractivity contribution in [1.82, 2.24) is 10.2 Å². The lowest BCUT2D eigenvalue weighted by Gasteiger charge is -2.34. The lowest BCUT2D eigenvalue weighted by atomic mass is 10.0. The minimum absolute atomic E-state index is 0.0111. The molecular formula is C29H30ClF4N3O4S. The normalized spacial score (nSPS) is 12.6. The molecule has 13 heteroatoms. The number of nitrogens with zero attached hydrogens (tertiary/aromatic N) is 2. The number of carbonyl (C=O) groups excluding carboxylic acids is 2. The first-order valence-electron chi connectivity index (χ1n) is 12.8. The SMILES string of the molecule is CC(C)NC(=O)[C@H](Cc1ccccc1)N(Cc1ccccc1F)C(=O)CN(c1cc(C(F)(F)F)ccc1Cl)S(C)(=O)=O. The zero-order chi connectivity index (χ0) is 31.2. The number of nitrogens with one attached hydrogen (secondary N) is 1. The first-order chi connectivity index (χ1) is 19.6. The van der Waals surface area contributed by atoms with E-state index in [1.54, 1.807) is 44.2 Å². The van der Waals surface area contributed by atoms with Crippen LogP contribution in [0.25, 0.3) is 0 Å². The van der Waals surface area contributed by atoms with Gasteiger partial charge in [0.05, 0.1) is 22.5 Å². The summed E-state index contributed by atoms with van der Waals surface area (Å²) in [7, 11) is -4.38. The van der Waals surface area contributed by atoms with Crippen LogP contribution in [0.5, 0.6) is 0 Å². The molecule has 3 rings (SSSR count). The molecule has 0 aliphatic rings. The smallest absolute Gasteiger partial charge is 0.352 e. The van der Waals surface area contributed by atoms with Crippen LogP contribution >= 0.6 is 11.6 Å². The summed E-state index contributed by atoms with van der Waals surface area (Å²) >= 11 is 6.13. The summed E-state index contributed by atoms with van der Waals surface area (Å²) in [5.41, 5.74) is -1.04. The molecule has 0 fully saturated rings. The van der Waals surface area contributed by atoms with Crippen molar-refractivity contribution in [3.8, 4) is 0 Å². The summed E-state index contributed by atoms with van der Waals surface area (Å²) in [6.45, 7) is 1.99. The Hall–Kier alpha value is -3.64. The van der Waals surface area contributed by atoms with Gasteiger partial charge < -0.3 is 10.2 Å². The molecule has 0 radical (unpaired) electrons. The molecule has 0 bridgehead atoms. The molecule has 42 heavy (non-hydrogen) atoms. The lowest BCUT2D eigenvalue weighted by Crippen LogP contribution is -2.54. The average molecular weight is 628 g/mol. The van der Waals surface area contributed by atoms with E-state index in [2.05, 4.69) is 5.32 Å². The molecule has 3 aromatic rings. The number of hydrogen-bond donors (Lipinski definition) is 1. The maximum atomic E-state index is 14.8. The molecule has 3 aromatic carbocycles. The second-order valence-corrected chi connectivity index (χ2v) is 12.2. The van der Waals surface area contributed by atoms with Gasteiger partial charge in [0.15, 0.2) is 0 Å². The van der Waals surface area contributed by atoms with Crippen LogP contribution in [0.15, 0.2) is 72.8 Å². The maximum Gasteiger partial charge on any atom is 0.416 e. The summed E-state index contributed by atoms with van der Waals surface area (Å²) in [4.78, 5) is 28.5. The number of carbonyl (C=O) groups is 2. The van der Waals surface area contributed by atoms with Crippen LogP contribution in [-0.4, -0.2) is 50.0 Å². The van der Waals surface area contributed by atoms with Crippen molar-refractivity contribution < 1.29 is 35.6 Å². The molecule has 226 valence electrons. The summed E-state index contributed by atoms with van der Waals surface area (Å²) in [5, 5.41) is 2.40. The van der Waals surface area contributed by atoms with E-state index < -0.39 is 64.2 Å². The number of sulfonamides is 1. The molecule has 0 aliphatic carbocycles. The predicted molar refractivity (Wildman–Crippen MR) is 153 cm³/mol. The van der Waals surface area contributed by atoms with Crippen LogP contribution in [0.4, 0.5) is 23.2 Å². The summed E-state index contributed by atoms with van der Waals surface area (Å²) < 4.78 is 81.3. The van der Waals surface area contributed by atoms with Crippen LogP contribution in [-0.2, 0) is 38.8 Å². The topological polar surface area (TPSA) is 86.8 Å². The molecule has 2 amide bonds. The molecule has 1 N–H and O–H groups in total. The highest BCUT2D eigenvalue weighted by molar-refractivity contribution is 7.92. The summed E-state index contributed by atoms with van der Waals surface area (Å²) in [6, 6.07) is 14.8. The van der Waals surface area contributed by atoms with E-state index in [1.165, 1.54) is 24.3 Å². The van der Waals surface area contributed by atoms with Gasteiger partial charge in [-0.05, 0) is 43.7 Å². The molecule has 0 aromatic heterocycles. The largest absolute Gasteiger partial charge is 0.416 e. The first-order valence-corrected chi connectivity index (χ1v) is 15.0. The zero-order valence-corrected chi connectivity index (χ0v) is 24.6. The highest BCUT2D eigenvalue weighted by Crippen LogP contribution is 2.36. The lowest BCUT2D eigenvalue weighted by molar-refractivity contribution is -0.140. The molecule has 1 atom stereocenters. The third kappa shape index (κ3) is 8.68. The molecule has 7 nitrogen and oxygen atoms in total. The Kier molecular flexibility index (Phi) is 10.6. The van der Waals surface area contributed by atoms with Gasteiger partial charge in [-0.3, -0.25) is 13.9 Å². The van der Waals surface area contributed by atoms with E-state index in [4.69, 9.17) is 11.6 Å². The van der Waals surface area contributed by atoms with Crippen molar-refractivity contribution in [1.29, 1.82) is 0 Å². The van der Waals surface area contributed by atoms with Gasteiger partial charge in [-0.25, -0.2) is 12.8 Å². The zero-order valence-electron chi connectivity index (χ0n) is 23.0. The minimum Gasteiger partial charge on any atom is -0.352 e. The van der Waals surface area contributed by atoms with Crippen LogP contribution in [0.1, 0.15) is 30.5 Å². The Labute approximate surface area is 247 Å². The average Bonchev–Trinajstić information content (AvgIpc) is 2.89. The van der Waals surface area contributed by atoms with Gasteiger partial charge in [-0.2, -0.15) is 13.2 Å². The van der Waals surface area contributed by atoms with Crippen molar-refractivity contribution in [3.05, 3.63) is 100 Å². The second kappa shape index (κ2) is 13.6. The van der Waals surface area contributed by atoms with Gasteiger partial charge in [0.1, 0.15) is 18.4 Å². The van der Waals surface area contributed by atoms with Crippen LogP contribution < -0.4 is 9.62 Å². The van der Waals surface area contributed by atoms with E-state index in [9.17, 15) is 35.6 Å². The number of rotatable bonds is 11. The highest BCUT2D eigenvalue weighted by Gasteiger charge is 2.36. The second-order valence-electron chi connectivity index (χ2n) is 9.92. The minimum atomic E-state index is -4.82. The van der Waals surface area contributed by atoms with Crippen molar-refractivity contribution in [2.75, 3.05) is 17.1 Å². The van der Waals surface area contributed by atoms with Gasteiger partial charge in [0.25, 0.3) is 0 Å². The van der Waals surface area contributed by atoms with Crippen molar-refractivity contribution in [2.45, 2.75) is 45.1 Å². The number of alkyl halides is 3. The fraction of sp³-hybridized carbons (Fsp3) is 0.310. The number of hydrogen-bond acceptors (Lipinski definition) is 4. The van der Waals surface area contributed by atoms with Crippen molar-refractivity contribution >= 4 is 39.1 Å². The Bertz CT molecular complexity index is 1520. The van der Waals surface area contributed by atoms with Gasteiger partial charge >= 0.3 is 6.18 Å². The van der Waals surface area contributed by atoms with Gasteiger partial charge in [-0.15, -0.1) is 0 Å². The molecule has 0 unspecified atom stereocenters. The molecule has 0 saturated heterocycles. The maximum absolute atomic E-state index is 14.8. The summed E-state index contributed by atoms with van der Waals surface area (Å²) in [6.07, 6.45) is -4.12. The molecule has 0 aliphatic heterocycles. The Balaban J connectivity index is 2.13. The fourth-order valence-corrected chi connectivity index (χ4v) is 5.34. The van der Waals surface area contributed by atoms with E-state index in [-0.39, 0.29) is 23.0 Å². The van der Waals surface area contributed by atoms with Crippen LogP contribution in [0.2, 0.25) is 5.02 Å². The molecule has 0 saturated carbocycles. The van der Waals surface area contributed by atoms with Crippen LogP contribution in [0, 0.1) is 5.82 Å². The standard InChI is InChI=1S/C29H30ClF4N3O4S/c1-19(2)35-28(39)26(15-20-9-5-4-6-10-20)36(17-21-11-7-8-12-24(21)31)27(38)18-37(42(3,40)41)25-16-22(29(32,33)34)13-14-23(25)30/h4-14,16,19,26H,15,17-18H2,1-3H3,(H,35,39)/t26-/m0/s1. The number of amides is 2. The number of halogens is 5. The summed E-state index contributed by atoms with van der Waals surface area (Å²) in [5.74, 6) is -2.21. The third-order valence-corrected chi connectivity index (χ3v) is 7.67. The van der Waals surface area contributed by atoms with Crippen molar-refractivity contribution in [3.63, 3.8) is 0 Å². The monoisotopic (exact) mass is 627 g/mol. The Morgan fingerprint density at radius 2 is 1.60 bits per heavy atom. The predicted octanol–water partition coefficient (Wildman–Crippen LogP) is 5.43. The quantitative estimate of drug-likeness (QED) is 0.287.